The average Bonchev–Trinajstić information content (AvgIpc) is 2.83. The molecule has 119 valence electrons. The third-order valence-electron chi connectivity index (χ3n) is 3.59. The average molecular weight is 374 g/mol. The van der Waals surface area contributed by atoms with Crippen molar-refractivity contribution in [2.75, 3.05) is 0 Å². The zero-order valence-electron chi connectivity index (χ0n) is 13.6. The van der Waals surface area contributed by atoms with Crippen molar-refractivity contribution in [3.05, 3.63) is 57.5 Å². The Bertz CT molecular complexity index is 532. The smallest absolute Gasteiger partial charge is 1.00 e. The number of halogens is 2. The van der Waals surface area contributed by atoms with Gasteiger partial charge in [0.25, 0.3) is 0 Å². The van der Waals surface area contributed by atoms with E-state index in [2.05, 4.69) is 90.6 Å². The second-order valence-electron chi connectivity index (χ2n) is 6.26. The standard InChI is InChI=1S/C18H23O.2ClH.Ti/c1-5-18(19-17(2,3)4,16-13-9-10-14-16)15-11-7-6-8-12-15;;;/h6-9,11-13H,5,10H2,1-4H3;2*1H;/q;;;+2/p-2. The summed E-state index contributed by atoms with van der Waals surface area (Å²) < 4.78 is 8.02. The Hall–Kier alpha value is -0.0457. The van der Waals surface area contributed by atoms with Gasteiger partial charge in [-0.1, -0.05) is 0 Å². The van der Waals surface area contributed by atoms with Crippen molar-refractivity contribution < 1.29 is 50.0 Å². The van der Waals surface area contributed by atoms with Gasteiger partial charge in [-0.15, -0.1) is 0 Å². The molecule has 1 atom stereocenters. The Balaban J connectivity index is 0.00000220. The van der Waals surface area contributed by atoms with E-state index in [1.165, 1.54) is 15.0 Å². The molecule has 0 aliphatic heterocycles. The topological polar surface area (TPSA) is 9.23 Å². The van der Waals surface area contributed by atoms with Crippen molar-refractivity contribution >= 4 is 0 Å². The third kappa shape index (κ3) is 4.72. The molecule has 1 unspecified atom stereocenters. The predicted molar refractivity (Wildman–Crippen MR) is 80.0 cm³/mol. The molecule has 0 fully saturated rings. The molecule has 0 bridgehead atoms. The molecule has 1 nitrogen and oxygen atoms in total. The summed E-state index contributed by atoms with van der Waals surface area (Å²) in [4.78, 5) is 0. The van der Waals surface area contributed by atoms with E-state index in [1.54, 1.807) is 0 Å². The van der Waals surface area contributed by atoms with Crippen molar-refractivity contribution in [1.29, 1.82) is 0 Å². The van der Waals surface area contributed by atoms with Crippen molar-refractivity contribution in [2.45, 2.75) is 51.7 Å². The third-order valence-corrected chi connectivity index (χ3v) is 4.32. The number of hydrogen-bond acceptors (Lipinski definition) is 1. The summed E-state index contributed by atoms with van der Waals surface area (Å²) in [7, 11) is 0. The van der Waals surface area contributed by atoms with Crippen LogP contribution in [0.25, 0.3) is 0 Å². The molecule has 0 heterocycles. The van der Waals surface area contributed by atoms with Gasteiger partial charge in [-0.2, -0.15) is 0 Å². The SMILES string of the molecule is CCC(OC(C)(C)C)(C1=[C]([Ti+2])CC=C1)c1ccccc1.[Cl-].[Cl-]. The molecular weight excluding hydrogens is 351 g/mol. The fraction of sp³-hybridized carbons (Fsp3) is 0.444. The molecule has 0 N–H and O–H groups in total. The van der Waals surface area contributed by atoms with Crippen LogP contribution in [0.15, 0.2) is 51.9 Å². The van der Waals surface area contributed by atoms with E-state index in [0.717, 1.165) is 12.8 Å². The van der Waals surface area contributed by atoms with E-state index in [4.69, 9.17) is 4.74 Å². The monoisotopic (exact) mass is 373 g/mol. The van der Waals surface area contributed by atoms with Crippen molar-refractivity contribution in [3.63, 3.8) is 0 Å². The van der Waals surface area contributed by atoms with Crippen molar-refractivity contribution in [1.82, 2.24) is 0 Å². The van der Waals surface area contributed by atoms with Crippen LogP contribution < -0.4 is 24.8 Å². The fourth-order valence-corrected chi connectivity index (χ4v) is 3.48. The van der Waals surface area contributed by atoms with Gasteiger partial charge < -0.3 is 24.8 Å². The molecular formula is C18H23Cl2OTi. The minimum Gasteiger partial charge on any atom is -1.00 e. The second-order valence-corrected chi connectivity index (χ2v) is 7.20. The van der Waals surface area contributed by atoms with Crippen LogP contribution in [-0.4, -0.2) is 5.60 Å². The molecule has 1 aliphatic rings. The summed E-state index contributed by atoms with van der Waals surface area (Å²) in [6, 6.07) is 10.6. The molecule has 4 heteroatoms. The minimum atomic E-state index is -0.337. The maximum absolute atomic E-state index is 6.61. The first-order valence-electron chi connectivity index (χ1n) is 7.26. The van der Waals surface area contributed by atoms with Gasteiger partial charge in [0, 0.05) is 0 Å². The summed E-state index contributed by atoms with van der Waals surface area (Å²) in [6.07, 6.45) is 6.46. The quantitative estimate of drug-likeness (QED) is 0.607. The van der Waals surface area contributed by atoms with Gasteiger partial charge in [0.1, 0.15) is 0 Å². The molecule has 1 aromatic rings. The van der Waals surface area contributed by atoms with Gasteiger partial charge in [0.15, 0.2) is 0 Å². The summed E-state index contributed by atoms with van der Waals surface area (Å²) in [5.41, 5.74) is 2.06. The first kappa shape index (κ1) is 22.0. The van der Waals surface area contributed by atoms with Gasteiger partial charge in [0.2, 0.25) is 0 Å². The second kappa shape index (κ2) is 8.71. The molecule has 0 saturated carbocycles. The zero-order valence-corrected chi connectivity index (χ0v) is 16.7. The molecule has 0 aromatic heterocycles. The Kier molecular flexibility index (Phi) is 8.69. The first-order valence-corrected chi connectivity index (χ1v) is 8.04. The van der Waals surface area contributed by atoms with E-state index < -0.39 is 0 Å². The van der Waals surface area contributed by atoms with Crippen LogP contribution in [0, 0.1) is 0 Å². The Morgan fingerprint density at radius 3 is 2.09 bits per heavy atom. The maximum Gasteiger partial charge on any atom is -1.00 e. The zero-order chi connectivity index (χ0) is 14.8. The number of benzene rings is 1. The van der Waals surface area contributed by atoms with E-state index in [0.29, 0.717) is 0 Å². The van der Waals surface area contributed by atoms with E-state index in [1.807, 2.05) is 0 Å². The van der Waals surface area contributed by atoms with Gasteiger partial charge in [-0.25, -0.2) is 0 Å². The molecule has 1 aromatic carbocycles. The minimum absolute atomic E-state index is 0. The Morgan fingerprint density at radius 1 is 1.09 bits per heavy atom. The predicted octanol–water partition coefficient (Wildman–Crippen LogP) is -1.12. The Morgan fingerprint density at radius 2 is 1.68 bits per heavy atom. The van der Waals surface area contributed by atoms with E-state index in [9.17, 15) is 0 Å². The number of ether oxygens (including phenoxy) is 1. The van der Waals surface area contributed by atoms with Crippen LogP contribution in [-0.2, 0) is 30.8 Å². The molecule has 0 amide bonds. The summed E-state index contributed by atoms with van der Waals surface area (Å²) >= 11 is 2.22. The van der Waals surface area contributed by atoms with E-state index >= 15 is 0 Å². The van der Waals surface area contributed by atoms with Crippen LogP contribution in [0.4, 0.5) is 0 Å². The molecule has 0 saturated heterocycles. The summed E-state index contributed by atoms with van der Waals surface area (Å²) in [5.74, 6) is 0. The normalized spacial score (nSPS) is 16.8. The van der Waals surface area contributed by atoms with Crippen molar-refractivity contribution in [2.24, 2.45) is 0 Å². The molecule has 2 rings (SSSR count). The molecule has 1 aliphatic carbocycles. The van der Waals surface area contributed by atoms with Crippen molar-refractivity contribution in [3.8, 4) is 0 Å². The van der Waals surface area contributed by atoms with Crippen LogP contribution >= 0.6 is 0 Å². The van der Waals surface area contributed by atoms with Gasteiger partial charge >= 0.3 is 134 Å². The van der Waals surface area contributed by atoms with Gasteiger partial charge in [-0.05, 0) is 0 Å². The van der Waals surface area contributed by atoms with Crippen LogP contribution in [0.2, 0.25) is 0 Å². The fourth-order valence-electron chi connectivity index (χ4n) is 2.85. The largest absolute Gasteiger partial charge is 1.00 e. The molecule has 0 spiro atoms. The Labute approximate surface area is 158 Å². The van der Waals surface area contributed by atoms with Gasteiger partial charge in [0.05, 0.1) is 0 Å². The van der Waals surface area contributed by atoms with Crippen LogP contribution in [0.1, 0.15) is 46.1 Å². The van der Waals surface area contributed by atoms with E-state index in [-0.39, 0.29) is 36.0 Å². The number of allylic oxidation sites excluding steroid dienone is 2. The number of hydrogen-bond donors (Lipinski definition) is 0. The summed E-state index contributed by atoms with van der Waals surface area (Å²) in [6.45, 7) is 8.61. The maximum atomic E-state index is 6.61. The number of rotatable bonds is 4. The first-order chi connectivity index (χ1) is 9.39. The summed E-state index contributed by atoms with van der Waals surface area (Å²) in [5, 5.41) is 0. The molecule has 22 heavy (non-hydrogen) atoms. The van der Waals surface area contributed by atoms with Crippen LogP contribution in [0.3, 0.4) is 0 Å². The van der Waals surface area contributed by atoms with Crippen LogP contribution in [0.5, 0.6) is 0 Å². The molecule has 0 radical (unpaired) electrons. The van der Waals surface area contributed by atoms with Gasteiger partial charge in [-0.3, -0.25) is 0 Å².